The van der Waals surface area contributed by atoms with Crippen molar-refractivity contribution in [2.75, 3.05) is 11.5 Å². The Balaban J connectivity index is 1.72. The summed E-state index contributed by atoms with van der Waals surface area (Å²) in [6, 6.07) is 12.6. The molecule has 0 saturated carbocycles. The van der Waals surface area contributed by atoms with Crippen LogP contribution in [0.4, 0.5) is 14.5 Å². The number of halogens is 2. The Hall–Kier alpha value is -3.61. The first-order chi connectivity index (χ1) is 14.5. The van der Waals surface area contributed by atoms with Gasteiger partial charge in [0.05, 0.1) is 12.1 Å². The van der Waals surface area contributed by atoms with E-state index in [2.05, 4.69) is 15.9 Å². The lowest BCUT2D eigenvalue weighted by molar-refractivity contribution is -0.0498. The number of hydrogen-bond acceptors (Lipinski definition) is 4. The fourth-order valence-electron chi connectivity index (χ4n) is 3.32. The van der Waals surface area contributed by atoms with Crippen molar-refractivity contribution in [1.82, 2.24) is 9.78 Å². The first-order valence-electron chi connectivity index (χ1n) is 9.54. The van der Waals surface area contributed by atoms with Crippen LogP contribution in [-0.2, 0) is 11.8 Å². The molecule has 0 bridgehead atoms. The lowest BCUT2D eigenvalue weighted by atomic mass is 10.0. The third-order valence-electron chi connectivity index (χ3n) is 4.60. The van der Waals surface area contributed by atoms with Gasteiger partial charge in [-0.2, -0.15) is 13.9 Å². The molecule has 0 unspecified atom stereocenters. The number of anilines is 1. The molecule has 0 amide bonds. The Labute approximate surface area is 173 Å². The van der Waals surface area contributed by atoms with Gasteiger partial charge in [0.2, 0.25) is 0 Å². The molecule has 1 aliphatic rings. The summed E-state index contributed by atoms with van der Waals surface area (Å²) >= 11 is 0. The van der Waals surface area contributed by atoms with Gasteiger partial charge in [0.1, 0.15) is 5.75 Å². The van der Waals surface area contributed by atoms with Crippen molar-refractivity contribution < 1.29 is 18.3 Å². The molecule has 154 valence electrons. The number of alkyl halides is 2. The minimum absolute atomic E-state index is 0.106. The van der Waals surface area contributed by atoms with Crippen molar-refractivity contribution in [2.24, 2.45) is 7.05 Å². The van der Waals surface area contributed by atoms with E-state index in [9.17, 15) is 8.78 Å². The van der Waals surface area contributed by atoms with Crippen molar-refractivity contribution >= 4 is 22.2 Å². The van der Waals surface area contributed by atoms with E-state index in [0.717, 1.165) is 27.7 Å². The van der Waals surface area contributed by atoms with E-state index >= 15 is 0 Å². The first-order valence-corrected chi connectivity index (χ1v) is 9.54. The molecule has 0 aliphatic carbocycles. The molecular weight excluding hydrogens is 388 g/mol. The van der Waals surface area contributed by atoms with Crippen molar-refractivity contribution in [1.29, 1.82) is 0 Å². The number of nitrogens with zero attached hydrogens (tertiary/aromatic N) is 3. The molecule has 1 aliphatic heterocycles. The third-order valence-corrected chi connectivity index (χ3v) is 4.60. The molecule has 0 fully saturated rings. The Kier molecular flexibility index (Phi) is 5.52. The Morgan fingerprint density at radius 1 is 1.10 bits per heavy atom. The third kappa shape index (κ3) is 4.20. The molecule has 7 heteroatoms. The van der Waals surface area contributed by atoms with E-state index in [-0.39, 0.29) is 5.75 Å². The second kappa shape index (κ2) is 8.41. The average Bonchev–Trinajstić information content (AvgIpc) is 2.96. The zero-order valence-corrected chi connectivity index (χ0v) is 16.6. The summed E-state index contributed by atoms with van der Waals surface area (Å²) in [7, 11) is 1.89. The second-order valence-corrected chi connectivity index (χ2v) is 6.70. The van der Waals surface area contributed by atoms with E-state index in [1.807, 2.05) is 61.6 Å². The van der Waals surface area contributed by atoms with Gasteiger partial charge in [-0.05, 0) is 60.5 Å². The van der Waals surface area contributed by atoms with Gasteiger partial charge in [0.15, 0.2) is 5.88 Å². The van der Waals surface area contributed by atoms with Crippen LogP contribution < -0.4 is 9.64 Å². The number of fused-ring (bicyclic) bond motifs is 1. The summed E-state index contributed by atoms with van der Waals surface area (Å²) in [4.78, 5) is 1.89. The normalized spacial score (nSPS) is 14.0. The van der Waals surface area contributed by atoms with Crippen molar-refractivity contribution in [3.63, 3.8) is 0 Å². The van der Waals surface area contributed by atoms with Gasteiger partial charge in [0, 0.05) is 30.5 Å². The zero-order valence-electron chi connectivity index (χ0n) is 16.6. The summed E-state index contributed by atoms with van der Waals surface area (Å²) in [5.41, 5.74) is 3.69. The number of hydrogen-bond donors (Lipinski definition) is 0. The van der Waals surface area contributed by atoms with Gasteiger partial charge in [0.25, 0.3) is 0 Å². The van der Waals surface area contributed by atoms with Gasteiger partial charge < -0.3 is 9.47 Å². The molecule has 0 N–H and O–H groups in total. The quantitative estimate of drug-likeness (QED) is 0.541. The van der Waals surface area contributed by atoms with Crippen molar-refractivity contribution in [2.45, 2.75) is 13.5 Å². The minimum atomic E-state index is -2.86. The number of benzene rings is 2. The number of allylic oxidation sites excluding steroid dienone is 4. The highest BCUT2D eigenvalue weighted by Gasteiger charge is 2.15. The smallest absolute Gasteiger partial charge is 0.387 e. The number of ether oxygens (including phenoxy) is 2. The monoisotopic (exact) mass is 409 g/mol. The van der Waals surface area contributed by atoms with E-state index in [0.29, 0.717) is 12.5 Å². The molecule has 0 atom stereocenters. The lowest BCUT2D eigenvalue weighted by Crippen LogP contribution is -2.18. The van der Waals surface area contributed by atoms with Crippen LogP contribution in [0.1, 0.15) is 12.5 Å². The number of aromatic nitrogens is 2. The highest BCUT2D eigenvalue weighted by molar-refractivity contribution is 5.86. The maximum atomic E-state index is 12.5. The largest absolute Gasteiger partial charge is 0.479 e. The lowest BCUT2D eigenvalue weighted by Gasteiger charge is -2.24. The maximum absolute atomic E-state index is 12.5. The molecule has 2 aromatic carbocycles. The molecular formula is C23H21F2N3O2. The van der Waals surface area contributed by atoms with Gasteiger partial charge in [-0.3, -0.25) is 9.58 Å². The summed E-state index contributed by atoms with van der Waals surface area (Å²) in [5.74, 6) is 0.739. The minimum Gasteiger partial charge on any atom is -0.479 e. The van der Waals surface area contributed by atoms with Crippen molar-refractivity contribution in [3.8, 4) is 5.75 Å². The predicted octanol–water partition coefficient (Wildman–Crippen LogP) is 5.47. The van der Waals surface area contributed by atoms with Crippen LogP contribution in [-0.4, -0.2) is 23.0 Å². The summed E-state index contributed by atoms with van der Waals surface area (Å²) in [6.45, 7) is -0.451. The van der Waals surface area contributed by atoms with E-state index in [4.69, 9.17) is 4.74 Å². The zero-order chi connectivity index (χ0) is 21.1. The Morgan fingerprint density at radius 2 is 1.90 bits per heavy atom. The van der Waals surface area contributed by atoms with Crippen LogP contribution in [0.5, 0.6) is 5.75 Å². The van der Waals surface area contributed by atoms with Crippen LogP contribution in [0.3, 0.4) is 0 Å². The van der Waals surface area contributed by atoms with Crippen LogP contribution in [0.25, 0.3) is 16.5 Å². The van der Waals surface area contributed by atoms with Crippen LogP contribution in [0, 0.1) is 0 Å². The van der Waals surface area contributed by atoms with Crippen LogP contribution in [0.2, 0.25) is 0 Å². The maximum Gasteiger partial charge on any atom is 0.387 e. The van der Waals surface area contributed by atoms with Gasteiger partial charge >= 0.3 is 6.61 Å². The first kappa shape index (κ1) is 19.7. The van der Waals surface area contributed by atoms with E-state index in [1.165, 1.54) is 12.1 Å². The Morgan fingerprint density at radius 3 is 2.63 bits per heavy atom. The topological polar surface area (TPSA) is 39.5 Å². The molecule has 3 aromatic rings. The molecule has 0 spiro atoms. The van der Waals surface area contributed by atoms with Gasteiger partial charge in [-0.25, -0.2) is 0 Å². The molecule has 0 radical (unpaired) electrons. The highest BCUT2D eigenvalue weighted by Crippen LogP contribution is 2.30. The fraction of sp³-hybridized carbons (Fsp3) is 0.174. The molecule has 30 heavy (non-hydrogen) atoms. The SMILES string of the molecule is CCOC1=CC=CC(c2ccc3nn(C)cc3c2)=CN1c1ccc(OC(F)F)cc1. The van der Waals surface area contributed by atoms with Crippen LogP contribution >= 0.6 is 0 Å². The molecule has 2 heterocycles. The van der Waals surface area contributed by atoms with Crippen molar-refractivity contribution in [3.05, 3.63) is 84.5 Å². The molecule has 1 aromatic heterocycles. The van der Waals surface area contributed by atoms with Gasteiger partial charge in [-0.1, -0.05) is 18.2 Å². The Bertz CT molecular complexity index is 1130. The molecule has 0 saturated heterocycles. The van der Waals surface area contributed by atoms with E-state index < -0.39 is 6.61 Å². The van der Waals surface area contributed by atoms with Crippen LogP contribution in [0.15, 0.2) is 79.0 Å². The summed E-state index contributed by atoms with van der Waals surface area (Å²) < 4.78 is 37.0. The van der Waals surface area contributed by atoms with E-state index in [1.54, 1.807) is 16.8 Å². The van der Waals surface area contributed by atoms with Gasteiger partial charge in [-0.15, -0.1) is 0 Å². The summed E-state index contributed by atoms with van der Waals surface area (Å²) in [6.07, 6.45) is 9.75. The average molecular weight is 409 g/mol. The number of aryl methyl sites for hydroxylation is 1. The molecule has 5 nitrogen and oxygen atoms in total. The standard InChI is InChI=1S/C23H21F2N3O2/c1-3-29-22-6-4-5-17(16-7-12-21-18(13-16)14-27(2)26-21)15-28(22)19-8-10-20(11-9-19)30-23(24)25/h4-15,23H,3H2,1-2H3. The molecule has 4 rings (SSSR count). The second-order valence-electron chi connectivity index (χ2n) is 6.70. The highest BCUT2D eigenvalue weighted by atomic mass is 19.3. The fourth-order valence-corrected chi connectivity index (χ4v) is 3.32. The number of rotatable bonds is 6. The summed E-state index contributed by atoms with van der Waals surface area (Å²) in [5, 5.41) is 5.47. The predicted molar refractivity (Wildman–Crippen MR) is 113 cm³/mol.